The molecule has 0 aromatic carbocycles. The van der Waals surface area contributed by atoms with Gasteiger partial charge in [0.15, 0.2) is 0 Å². The lowest BCUT2D eigenvalue weighted by Crippen LogP contribution is -2.15. The van der Waals surface area contributed by atoms with Crippen LogP contribution in [0.4, 0.5) is 0 Å². The zero-order valence-corrected chi connectivity index (χ0v) is 8.04. The summed E-state index contributed by atoms with van der Waals surface area (Å²) in [5, 5.41) is -0.410. The Labute approximate surface area is 77.0 Å². The molecule has 1 atom stereocenters. The number of isocyanates is 1. The lowest BCUT2D eigenvalue weighted by Gasteiger charge is -2.12. The molecule has 0 fully saturated rings. The van der Waals surface area contributed by atoms with E-state index < -0.39 is 9.46 Å². The number of halogens is 3. The van der Waals surface area contributed by atoms with E-state index >= 15 is 0 Å². The van der Waals surface area contributed by atoms with E-state index in [-0.39, 0.29) is 6.42 Å². The van der Waals surface area contributed by atoms with Gasteiger partial charge in [-0.3, -0.25) is 0 Å². The molecule has 0 heterocycles. The van der Waals surface area contributed by atoms with E-state index in [1.165, 1.54) is 6.08 Å². The van der Waals surface area contributed by atoms with Crippen molar-refractivity contribution in [3.05, 3.63) is 0 Å². The molecule has 0 N–H and O–H groups in total. The number of hydrogen-bond donors (Lipinski definition) is 0. The lowest BCUT2D eigenvalue weighted by molar-refractivity contribution is 0.559. The Balaban J connectivity index is 3.98. The maximum Gasteiger partial charge on any atom is 0.238 e. The molecule has 0 aliphatic heterocycles. The van der Waals surface area contributed by atoms with Crippen molar-refractivity contribution in [1.29, 1.82) is 0 Å². The first-order valence-electron chi connectivity index (χ1n) is 2.30. The van der Waals surface area contributed by atoms with Crippen LogP contribution in [-0.2, 0) is 4.79 Å². The number of carbonyl (C=O) groups excluding carboxylic acids is 1. The number of aliphatic imine (C=N–C) groups is 1. The molecule has 1 unspecified atom stereocenters. The maximum absolute atomic E-state index is 9.68. The number of rotatable bonds is 3. The fourth-order valence-electron chi connectivity index (χ4n) is 0.328. The molecule has 3 radical (unpaired) electrons. The summed E-state index contributed by atoms with van der Waals surface area (Å²) in [4.78, 5) is 12.8. The Morgan fingerprint density at radius 1 is 1.70 bits per heavy atom. The lowest BCUT2D eigenvalue weighted by atomic mass is 10.5. The third kappa shape index (κ3) is 5.27. The third-order valence-electron chi connectivity index (χ3n) is 0.634. The molecule has 0 aliphatic carbocycles. The van der Waals surface area contributed by atoms with Crippen LogP contribution in [0.1, 0.15) is 6.42 Å². The highest BCUT2D eigenvalue weighted by molar-refractivity contribution is 6.50. The molecule has 0 rings (SSSR count). The summed E-state index contributed by atoms with van der Waals surface area (Å²) in [6.07, 6.45) is 1.39. The summed E-state index contributed by atoms with van der Waals surface area (Å²) in [5.74, 6) is 0. The molecule has 0 spiro atoms. The van der Waals surface area contributed by atoms with Crippen LogP contribution in [-0.4, -0.2) is 25.8 Å². The number of alkyl halides is 3. The third-order valence-corrected chi connectivity index (χ3v) is 1.47. The Bertz CT molecular complexity index is 155. The van der Waals surface area contributed by atoms with Gasteiger partial charge in [0.25, 0.3) is 0 Å². The molecular weight excluding hydrogens is 212 g/mol. The number of hydrogen-bond acceptors (Lipinski definition) is 2. The van der Waals surface area contributed by atoms with Crippen LogP contribution in [0.3, 0.4) is 0 Å². The number of nitrogens with zero attached hydrogens (tertiary/aromatic N) is 1. The van der Waals surface area contributed by atoms with Crippen molar-refractivity contribution in [3.63, 3.8) is 0 Å². The molecular formula is C4H3Cl3NOSi. The van der Waals surface area contributed by atoms with Gasteiger partial charge in [-0.2, -0.15) is 4.99 Å². The molecule has 0 aromatic heterocycles. The van der Waals surface area contributed by atoms with E-state index in [0.717, 1.165) is 0 Å². The Kier molecular flexibility index (Phi) is 4.57. The molecule has 0 saturated carbocycles. The molecule has 6 heteroatoms. The average Bonchev–Trinajstić information content (AvgIpc) is 1.59. The summed E-state index contributed by atoms with van der Waals surface area (Å²) < 4.78 is -1.46. The van der Waals surface area contributed by atoms with Crippen LogP contribution < -0.4 is 0 Å². The summed E-state index contributed by atoms with van der Waals surface area (Å²) in [6, 6.07) is 0. The van der Waals surface area contributed by atoms with Gasteiger partial charge in [-0.25, -0.2) is 4.79 Å². The van der Waals surface area contributed by atoms with Gasteiger partial charge in [0.2, 0.25) is 10.5 Å². The summed E-state index contributed by atoms with van der Waals surface area (Å²) in [6.45, 7) is 0. The second-order valence-corrected chi connectivity index (χ2v) is 4.57. The fourth-order valence-corrected chi connectivity index (χ4v) is 1.64. The molecule has 0 saturated heterocycles. The van der Waals surface area contributed by atoms with Gasteiger partial charge >= 0.3 is 0 Å². The van der Waals surface area contributed by atoms with E-state index in [1.807, 2.05) is 0 Å². The molecule has 0 amide bonds. The van der Waals surface area contributed by atoms with Crippen LogP contribution in [0, 0.1) is 0 Å². The van der Waals surface area contributed by atoms with Crippen molar-refractivity contribution in [3.8, 4) is 0 Å². The van der Waals surface area contributed by atoms with Gasteiger partial charge in [-0.15, -0.1) is 11.6 Å². The molecule has 10 heavy (non-hydrogen) atoms. The summed E-state index contributed by atoms with van der Waals surface area (Å²) >= 11 is 16.4. The van der Waals surface area contributed by atoms with Crippen LogP contribution in [0.2, 0.25) is 0 Å². The zero-order chi connectivity index (χ0) is 8.20. The van der Waals surface area contributed by atoms with Crippen LogP contribution >= 0.6 is 34.8 Å². The normalized spacial score (nSPS) is 14.0. The van der Waals surface area contributed by atoms with Crippen molar-refractivity contribution in [2.45, 2.75) is 15.9 Å². The smallest absolute Gasteiger partial charge is 0.211 e. The van der Waals surface area contributed by atoms with Crippen molar-refractivity contribution in [2.24, 2.45) is 4.99 Å². The largest absolute Gasteiger partial charge is 0.238 e. The average molecular weight is 216 g/mol. The molecule has 55 valence electrons. The van der Waals surface area contributed by atoms with Crippen molar-refractivity contribution >= 4 is 51.1 Å². The monoisotopic (exact) mass is 214 g/mol. The maximum atomic E-state index is 9.68. The minimum absolute atomic E-state index is 0.143. The SMILES string of the molecule is O=C=NC(Cl)(Cl)CC([Si])Cl. The first-order valence-corrected chi connectivity index (χ1v) is 4.07. The van der Waals surface area contributed by atoms with E-state index in [4.69, 9.17) is 34.8 Å². The van der Waals surface area contributed by atoms with Gasteiger partial charge < -0.3 is 0 Å². The molecule has 0 bridgehead atoms. The quantitative estimate of drug-likeness (QED) is 0.231. The molecule has 0 aromatic rings. The van der Waals surface area contributed by atoms with Crippen LogP contribution in [0.15, 0.2) is 4.99 Å². The van der Waals surface area contributed by atoms with Crippen molar-refractivity contribution in [2.75, 3.05) is 0 Å². The Morgan fingerprint density at radius 2 is 2.20 bits per heavy atom. The van der Waals surface area contributed by atoms with E-state index in [2.05, 4.69) is 15.2 Å². The summed E-state index contributed by atoms with van der Waals surface area (Å²) in [5.41, 5.74) is 0. The van der Waals surface area contributed by atoms with Gasteiger partial charge in [0.05, 0.1) is 0 Å². The van der Waals surface area contributed by atoms with Gasteiger partial charge in [0, 0.05) is 21.7 Å². The van der Waals surface area contributed by atoms with Crippen molar-refractivity contribution < 1.29 is 4.79 Å². The Morgan fingerprint density at radius 3 is 2.50 bits per heavy atom. The topological polar surface area (TPSA) is 29.4 Å². The second kappa shape index (κ2) is 4.37. The zero-order valence-electron chi connectivity index (χ0n) is 4.77. The molecule has 0 aliphatic rings. The minimum atomic E-state index is -1.46. The predicted octanol–water partition coefficient (Wildman–Crippen LogP) is 1.58. The predicted molar refractivity (Wildman–Crippen MR) is 42.6 cm³/mol. The van der Waals surface area contributed by atoms with E-state index in [1.54, 1.807) is 0 Å². The highest BCUT2D eigenvalue weighted by Gasteiger charge is 2.24. The van der Waals surface area contributed by atoms with Gasteiger partial charge in [-0.1, -0.05) is 23.2 Å². The van der Waals surface area contributed by atoms with Crippen molar-refractivity contribution in [1.82, 2.24) is 0 Å². The van der Waals surface area contributed by atoms with E-state index in [0.29, 0.717) is 0 Å². The van der Waals surface area contributed by atoms with Crippen LogP contribution in [0.25, 0.3) is 0 Å². The fraction of sp³-hybridized carbons (Fsp3) is 0.750. The highest BCUT2D eigenvalue weighted by atomic mass is 35.5. The standard InChI is InChI=1S/C4H3Cl3NOSi/c5-3(10)1-4(6,7)8-2-9/h3H,1H2. The molecule has 2 nitrogen and oxygen atoms in total. The van der Waals surface area contributed by atoms with E-state index in [9.17, 15) is 4.79 Å². The highest BCUT2D eigenvalue weighted by Crippen LogP contribution is 2.28. The van der Waals surface area contributed by atoms with Gasteiger partial charge in [0.1, 0.15) is 0 Å². The minimum Gasteiger partial charge on any atom is -0.211 e. The van der Waals surface area contributed by atoms with Crippen LogP contribution in [0.5, 0.6) is 0 Å². The first kappa shape index (κ1) is 10.5. The Hall–Kier alpha value is 0.467. The van der Waals surface area contributed by atoms with Gasteiger partial charge in [-0.05, 0) is 0 Å². The first-order chi connectivity index (χ1) is 4.48. The second-order valence-electron chi connectivity index (χ2n) is 1.54. The summed E-state index contributed by atoms with van der Waals surface area (Å²) in [7, 11) is 3.03.